The Morgan fingerprint density at radius 1 is 1.19 bits per heavy atom. The Kier molecular flexibility index (Phi) is 4.83. The van der Waals surface area contributed by atoms with Crippen LogP contribution in [0, 0.1) is 11.8 Å². The van der Waals surface area contributed by atoms with Crippen molar-refractivity contribution in [1.82, 2.24) is 15.5 Å². The Hall–Kier alpha value is -4.32. The van der Waals surface area contributed by atoms with Crippen molar-refractivity contribution in [2.45, 2.75) is 12.1 Å². The van der Waals surface area contributed by atoms with Crippen LogP contribution in [0.5, 0.6) is 5.75 Å². The Balaban J connectivity index is 1.63. The number of carbonyl (C=O) groups is 4. The molecule has 0 radical (unpaired) electrons. The van der Waals surface area contributed by atoms with Gasteiger partial charge in [0.1, 0.15) is 5.75 Å². The minimum absolute atomic E-state index is 0.100. The second-order valence-electron chi connectivity index (χ2n) is 7.13. The maximum Gasteiger partial charge on any atom is 0.335 e. The van der Waals surface area contributed by atoms with E-state index in [0.29, 0.717) is 16.9 Å². The van der Waals surface area contributed by atoms with Crippen LogP contribution in [-0.4, -0.2) is 53.0 Å². The summed E-state index contributed by atoms with van der Waals surface area (Å²) < 4.78 is 5.17. The number of urea groups is 1. The number of nitrogens with one attached hydrogen (secondary N) is 2. The van der Waals surface area contributed by atoms with E-state index in [2.05, 4.69) is 22.5 Å². The summed E-state index contributed by atoms with van der Waals surface area (Å²) in [5.74, 6) is 4.09. The SMILES string of the molecule is COc1ccc2c(c1)C(=O)N(C[C@@]1(C#Cc3ccc(C(=O)O)cc3)NC(=O)NC1=O)C2. The number of carbonyl (C=O) groups excluding carboxylic acids is 3. The molecule has 1 atom stereocenters. The number of rotatable bonds is 4. The highest BCUT2D eigenvalue weighted by Crippen LogP contribution is 2.28. The van der Waals surface area contributed by atoms with Crippen molar-refractivity contribution in [1.29, 1.82) is 0 Å². The van der Waals surface area contributed by atoms with E-state index in [-0.39, 0.29) is 24.6 Å². The molecule has 2 aliphatic heterocycles. The second-order valence-corrected chi connectivity index (χ2v) is 7.13. The van der Waals surface area contributed by atoms with Crippen molar-refractivity contribution in [2.75, 3.05) is 13.7 Å². The topological polar surface area (TPSA) is 125 Å². The molecule has 4 amide bonds. The van der Waals surface area contributed by atoms with E-state index in [9.17, 15) is 19.2 Å². The van der Waals surface area contributed by atoms with Gasteiger partial charge in [0.15, 0.2) is 0 Å². The summed E-state index contributed by atoms with van der Waals surface area (Å²) in [6.45, 7) is 0.110. The normalized spacial score (nSPS) is 19.3. The third-order valence-corrected chi connectivity index (χ3v) is 5.12. The quantitative estimate of drug-likeness (QED) is 0.501. The molecule has 0 spiro atoms. The predicted molar refractivity (Wildman–Crippen MR) is 107 cm³/mol. The largest absolute Gasteiger partial charge is 0.497 e. The van der Waals surface area contributed by atoms with Crippen LogP contribution in [-0.2, 0) is 11.3 Å². The van der Waals surface area contributed by atoms with Crippen molar-refractivity contribution in [3.8, 4) is 17.6 Å². The van der Waals surface area contributed by atoms with E-state index in [4.69, 9.17) is 9.84 Å². The van der Waals surface area contributed by atoms with Gasteiger partial charge in [-0.3, -0.25) is 14.9 Å². The van der Waals surface area contributed by atoms with Crippen LogP contribution in [0.25, 0.3) is 0 Å². The molecule has 2 heterocycles. The Labute approximate surface area is 177 Å². The summed E-state index contributed by atoms with van der Waals surface area (Å²) in [7, 11) is 1.50. The van der Waals surface area contributed by atoms with E-state index >= 15 is 0 Å². The van der Waals surface area contributed by atoms with Crippen LogP contribution in [0.4, 0.5) is 4.79 Å². The molecule has 4 rings (SSSR count). The first-order valence-corrected chi connectivity index (χ1v) is 9.28. The van der Waals surface area contributed by atoms with Crippen LogP contribution >= 0.6 is 0 Å². The van der Waals surface area contributed by atoms with Crippen molar-refractivity contribution < 1.29 is 29.0 Å². The number of carboxylic acid groups (broad SMARTS) is 1. The van der Waals surface area contributed by atoms with Crippen molar-refractivity contribution >= 4 is 23.8 Å². The molecular formula is C22H17N3O6. The van der Waals surface area contributed by atoms with Crippen molar-refractivity contribution in [3.63, 3.8) is 0 Å². The summed E-state index contributed by atoms with van der Waals surface area (Å²) >= 11 is 0. The highest BCUT2D eigenvalue weighted by Gasteiger charge is 2.48. The number of amides is 4. The molecule has 3 N–H and O–H groups in total. The van der Waals surface area contributed by atoms with Crippen LogP contribution < -0.4 is 15.4 Å². The number of methoxy groups -OCH3 is 1. The summed E-state index contributed by atoms with van der Waals surface area (Å²) in [6, 6.07) is 10.2. The summed E-state index contributed by atoms with van der Waals surface area (Å²) in [6.07, 6.45) is 0. The van der Waals surface area contributed by atoms with Gasteiger partial charge < -0.3 is 20.1 Å². The molecule has 2 aromatic rings. The van der Waals surface area contributed by atoms with Gasteiger partial charge in [-0.1, -0.05) is 17.9 Å². The molecule has 9 heteroatoms. The molecule has 0 saturated carbocycles. The predicted octanol–water partition coefficient (Wildman–Crippen LogP) is 0.979. The minimum atomic E-state index is -1.63. The molecule has 1 saturated heterocycles. The van der Waals surface area contributed by atoms with Gasteiger partial charge >= 0.3 is 12.0 Å². The average Bonchev–Trinajstić information content (AvgIpc) is 3.21. The Morgan fingerprint density at radius 3 is 2.55 bits per heavy atom. The number of hydrogen-bond donors (Lipinski definition) is 3. The first kappa shape index (κ1) is 20.0. The number of ether oxygens (including phenoxy) is 1. The summed E-state index contributed by atoms with van der Waals surface area (Å²) in [5.41, 5.74) is 0.172. The zero-order valence-corrected chi connectivity index (χ0v) is 16.4. The fourth-order valence-corrected chi connectivity index (χ4v) is 3.49. The van der Waals surface area contributed by atoms with Gasteiger partial charge in [0, 0.05) is 17.7 Å². The first-order valence-electron chi connectivity index (χ1n) is 9.28. The van der Waals surface area contributed by atoms with Crippen LogP contribution in [0.15, 0.2) is 42.5 Å². The van der Waals surface area contributed by atoms with Crippen molar-refractivity contribution in [3.05, 3.63) is 64.7 Å². The Bertz CT molecular complexity index is 1180. The molecule has 156 valence electrons. The number of carboxylic acids is 1. The number of nitrogens with zero attached hydrogens (tertiary/aromatic N) is 1. The molecule has 31 heavy (non-hydrogen) atoms. The van der Waals surface area contributed by atoms with E-state index < -0.39 is 23.4 Å². The van der Waals surface area contributed by atoms with Gasteiger partial charge in [-0.2, -0.15) is 0 Å². The van der Waals surface area contributed by atoms with E-state index in [1.807, 2.05) is 0 Å². The van der Waals surface area contributed by atoms with E-state index in [0.717, 1.165) is 5.56 Å². The van der Waals surface area contributed by atoms with E-state index in [1.165, 1.54) is 36.3 Å². The fraction of sp³-hybridized carbons (Fsp3) is 0.182. The zero-order chi connectivity index (χ0) is 22.2. The van der Waals surface area contributed by atoms with Crippen LogP contribution in [0.1, 0.15) is 31.8 Å². The van der Waals surface area contributed by atoms with Gasteiger partial charge in [-0.05, 0) is 42.0 Å². The molecule has 2 aliphatic rings. The number of hydrogen-bond acceptors (Lipinski definition) is 5. The number of benzene rings is 2. The lowest BCUT2D eigenvalue weighted by Crippen LogP contribution is -2.54. The third kappa shape index (κ3) is 3.67. The second kappa shape index (κ2) is 7.50. The lowest BCUT2D eigenvalue weighted by molar-refractivity contribution is -0.122. The molecule has 0 unspecified atom stereocenters. The van der Waals surface area contributed by atoms with Gasteiger partial charge in [0.25, 0.3) is 11.8 Å². The summed E-state index contributed by atoms with van der Waals surface area (Å²) in [4.78, 5) is 49.8. The number of aromatic carboxylic acids is 1. The molecule has 1 fully saturated rings. The summed E-state index contributed by atoms with van der Waals surface area (Å²) in [5, 5.41) is 13.7. The van der Waals surface area contributed by atoms with Gasteiger partial charge in [0.2, 0.25) is 5.54 Å². The maximum atomic E-state index is 12.9. The van der Waals surface area contributed by atoms with Gasteiger partial charge in [-0.25, -0.2) is 9.59 Å². The first-order chi connectivity index (χ1) is 14.8. The third-order valence-electron chi connectivity index (χ3n) is 5.12. The van der Waals surface area contributed by atoms with Gasteiger partial charge in [0.05, 0.1) is 19.2 Å². The zero-order valence-electron chi connectivity index (χ0n) is 16.4. The molecule has 2 aromatic carbocycles. The highest BCUT2D eigenvalue weighted by atomic mass is 16.5. The minimum Gasteiger partial charge on any atom is -0.497 e. The standard InChI is InChI=1S/C22H17N3O6/c1-31-16-7-6-15-11-25(18(26)17(15)10-16)12-22(20(29)23-21(30)24-22)9-8-13-2-4-14(5-3-13)19(27)28/h2-7,10H,11-12H2,1H3,(H,27,28)(H2,23,24,29,30)/t22-/m1/s1. The molecular weight excluding hydrogens is 402 g/mol. The smallest absolute Gasteiger partial charge is 0.335 e. The van der Waals surface area contributed by atoms with Crippen LogP contribution in [0.2, 0.25) is 0 Å². The van der Waals surface area contributed by atoms with Crippen LogP contribution in [0.3, 0.4) is 0 Å². The lowest BCUT2D eigenvalue weighted by atomic mass is 9.99. The van der Waals surface area contributed by atoms with Crippen molar-refractivity contribution in [2.24, 2.45) is 0 Å². The molecule has 0 aliphatic carbocycles. The molecule has 0 bridgehead atoms. The lowest BCUT2D eigenvalue weighted by Gasteiger charge is -2.26. The fourth-order valence-electron chi connectivity index (χ4n) is 3.49. The number of fused-ring (bicyclic) bond motifs is 1. The van der Waals surface area contributed by atoms with E-state index in [1.54, 1.807) is 18.2 Å². The number of imide groups is 1. The Morgan fingerprint density at radius 2 is 1.94 bits per heavy atom. The highest BCUT2D eigenvalue weighted by molar-refractivity contribution is 6.10. The average molecular weight is 419 g/mol. The van der Waals surface area contributed by atoms with Gasteiger partial charge in [-0.15, -0.1) is 0 Å². The monoisotopic (exact) mass is 419 g/mol. The molecule has 9 nitrogen and oxygen atoms in total. The maximum absolute atomic E-state index is 12.9. The molecule has 0 aromatic heterocycles.